The maximum Gasteiger partial charge on any atom is 0.241 e. The van der Waals surface area contributed by atoms with Crippen LogP contribution in [0.3, 0.4) is 0 Å². The van der Waals surface area contributed by atoms with Gasteiger partial charge in [-0.15, -0.1) is 0 Å². The number of benzene rings is 1. The average molecular weight is 293 g/mol. The maximum absolute atomic E-state index is 12.5. The summed E-state index contributed by atoms with van der Waals surface area (Å²) >= 11 is 0. The van der Waals surface area contributed by atoms with Crippen molar-refractivity contribution in [2.24, 2.45) is 11.7 Å². The van der Waals surface area contributed by atoms with E-state index in [0.717, 1.165) is 19.3 Å². The molecule has 0 spiro atoms. The number of nitrogens with one attached hydrogen (secondary N) is 1. The van der Waals surface area contributed by atoms with E-state index < -0.39 is 10.0 Å². The van der Waals surface area contributed by atoms with Gasteiger partial charge in [-0.2, -0.15) is 5.26 Å². The second kappa shape index (κ2) is 5.92. The highest BCUT2D eigenvalue weighted by atomic mass is 32.2. The third-order valence-electron chi connectivity index (χ3n) is 3.88. The molecule has 1 aliphatic carbocycles. The molecule has 0 amide bonds. The van der Waals surface area contributed by atoms with Crippen LogP contribution < -0.4 is 10.5 Å². The number of rotatable bonds is 4. The van der Waals surface area contributed by atoms with Gasteiger partial charge in [-0.25, -0.2) is 13.1 Å². The van der Waals surface area contributed by atoms with E-state index in [2.05, 4.69) is 4.72 Å². The van der Waals surface area contributed by atoms with Crippen LogP contribution in [0.5, 0.6) is 0 Å². The SMILES string of the molecule is Cc1ccc(C#N)cc1S(=O)(=O)N[C@H]1CCC[C@H]1CN. The van der Waals surface area contributed by atoms with Crippen molar-refractivity contribution in [1.29, 1.82) is 5.26 Å². The molecular formula is C14H19N3O2S. The highest BCUT2D eigenvalue weighted by molar-refractivity contribution is 7.89. The van der Waals surface area contributed by atoms with E-state index in [1.54, 1.807) is 19.1 Å². The number of sulfonamides is 1. The molecule has 1 aromatic rings. The number of nitrogens with two attached hydrogens (primary N) is 1. The fraction of sp³-hybridized carbons (Fsp3) is 0.500. The van der Waals surface area contributed by atoms with Gasteiger partial charge in [-0.05, 0) is 49.9 Å². The summed E-state index contributed by atoms with van der Waals surface area (Å²) in [4.78, 5) is 0.180. The lowest BCUT2D eigenvalue weighted by molar-refractivity contribution is 0.452. The van der Waals surface area contributed by atoms with Gasteiger partial charge in [-0.1, -0.05) is 12.5 Å². The molecule has 0 saturated heterocycles. The summed E-state index contributed by atoms with van der Waals surface area (Å²) in [5.74, 6) is 0.198. The highest BCUT2D eigenvalue weighted by Crippen LogP contribution is 2.27. The van der Waals surface area contributed by atoms with E-state index in [1.807, 2.05) is 6.07 Å². The Labute approximate surface area is 119 Å². The molecule has 1 fully saturated rings. The lowest BCUT2D eigenvalue weighted by atomic mass is 10.1. The second-order valence-electron chi connectivity index (χ2n) is 5.25. The van der Waals surface area contributed by atoms with Crippen LogP contribution in [-0.4, -0.2) is 21.0 Å². The van der Waals surface area contributed by atoms with Crippen LogP contribution in [0.1, 0.15) is 30.4 Å². The van der Waals surface area contributed by atoms with Crippen LogP contribution in [0.15, 0.2) is 23.1 Å². The zero-order valence-corrected chi connectivity index (χ0v) is 12.3. The van der Waals surface area contributed by atoms with Gasteiger partial charge in [0.15, 0.2) is 0 Å². The minimum Gasteiger partial charge on any atom is -0.330 e. The zero-order chi connectivity index (χ0) is 14.8. The predicted molar refractivity (Wildman–Crippen MR) is 76.4 cm³/mol. The van der Waals surface area contributed by atoms with Crippen molar-refractivity contribution in [2.45, 2.75) is 37.1 Å². The van der Waals surface area contributed by atoms with Gasteiger partial charge in [0.2, 0.25) is 10.0 Å². The predicted octanol–water partition coefficient (Wildman–Crippen LogP) is 1.27. The van der Waals surface area contributed by atoms with Crippen LogP contribution in [-0.2, 0) is 10.0 Å². The first-order valence-corrected chi connectivity index (χ1v) is 8.19. The standard InChI is InChI=1S/C14H19N3O2S/c1-10-5-6-11(8-15)7-14(10)20(18,19)17-13-4-2-3-12(13)9-16/h5-7,12-13,17H,2-4,9,16H2,1H3/t12-,13-/m0/s1. The number of hydrogen-bond donors (Lipinski definition) is 2. The molecule has 20 heavy (non-hydrogen) atoms. The second-order valence-corrected chi connectivity index (χ2v) is 6.93. The summed E-state index contributed by atoms with van der Waals surface area (Å²) in [6, 6.07) is 6.56. The molecule has 0 heterocycles. The monoisotopic (exact) mass is 293 g/mol. The van der Waals surface area contributed by atoms with Gasteiger partial charge in [0, 0.05) is 6.04 Å². The van der Waals surface area contributed by atoms with Crippen molar-refractivity contribution in [2.75, 3.05) is 6.54 Å². The number of nitriles is 1. The molecule has 108 valence electrons. The van der Waals surface area contributed by atoms with Crippen molar-refractivity contribution in [3.05, 3.63) is 29.3 Å². The third-order valence-corrected chi connectivity index (χ3v) is 5.51. The largest absolute Gasteiger partial charge is 0.330 e. The molecule has 1 aromatic carbocycles. The Bertz CT molecular complexity index is 634. The quantitative estimate of drug-likeness (QED) is 0.873. The minimum absolute atomic E-state index is 0.102. The number of hydrogen-bond acceptors (Lipinski definition) is 4. The Morgan fingerprint density at radius 1 is 1.45 bits per heavy atom. The zero-order valence-electron chi connectivity index (χ0n) is 11.5. The molecule has 0 radical (unpaired) electrons. The molecule has 5 nitrogen and oxygen atoms in total. The summed E-state index contributed by atoms with van der Waals surface area (Å²) < 4.78 is 27.7. The number of aryl methyl sites for hydroxylation is 1. The fourth-order valence-electron chi connectivity index (χ4n) is 2.70. The first-order valence-electron chi connectivity index (χ1n) is 6.71. The topological polar surface area (TPSA) is 96.0 Å². The Hall–Kier alpha value is -1.42. The van der Waals surface area contributed by atoms with Crippen LogP contribution >= 0.6 is 0 Å². The van der Waals surface area contributed by atoms with E-state index in [-0.39, 0.29) is 16.9 Å². The van der Waals surface area contributed by atoms with E-state index >= 15 is 0 Å². The van der Waals surface area contributed by atoms with E-state index in [0.29, 0.717) is 17.7 Å². The number of nitrogens with zero attached hydrogens (tertiary/aromatic N) is 1. The first-order chi connectivity index (χ1) is 9.47. The molecule has 0 bridgehead atoms. The summed E-state index contributed by atoms with van der Waals surface area (Å²) in [7, 11) is -3.61. The molecule has 2 rings (SSSR count). The summed E-state index contributed by atoms with van der Waals surface area (Å²) in [6.07, 6.45) is 2.77. The van der Waals surface area contributed by atoms with Crippen molar-refractivity contribution in [3.63, 3.8) is 0 Å². The average Bonchev–Trinajstić information content (AvgIpc) is 2.85. The first kappa shape index (κ1) is 15.0. The lowest BCUT2D eigenvalue weighted by Crippen LogP contribution is -2.40. The summed E-state index contributed by atoms with van der Waals surface area (Å²) in [5.41, 5.74) is 6.66. The van der Waals surface area contributed by atoms with Crippen LogP contribution in [0.2, 0.25) is 0 Å². The Morgan fingerprint density at radius 3 is 2.85 bits per heavy atom. The summed E-state index contributed by atoms with van der Waals surface area (Å²) in [5, 5.41) is 8.90. The van der Waals surface area contributed by atoms with Gasteiger partial charge in [0.1, 0.15) is 0 Å². The summed E-state index contributed by atoms with van der Waals surface area (Å²) in [6.45, 7) is 2.22. The molecule has 0 unspecified atom stereocenters. The minimum atomic E-state index is -3.61. The Morgan fingerprint density at radius 2 is 2.20 bits per heavy atom. The van der Waals surface area contributed by atoms with E-state index in [4.69, 9.17) is 11.0 Å². The highest BCUT2D eigenvalue weighted by Gasteiger charge is 2.30. The maximum atomic E-state index is 12.5. The lowest BCUT2D eigenvalue weighted by Gasteiger charge is -2.20. The van der Waals surface area contributed by atoms with Crippen LogP contribution in [0.4, 0.5) is 0 Å². The van der Waals surface area contributed by atoms with Crippen molar-refractivity contribution in [3.8, 4) is 6.07 Å². The molecule has 1 aliphatic rings. The normalized spacial score (nSPS) is 22.6. The van der Waals surface area contributed by atoms with Gasteiger partial charge < -0.3 is 5.73 Å². The Kier molecular flexibility index (Phi) is 4.43. The third kappa shape index (κ3) is 3.01. The van der Waals surface area contributed by atoms with E-state index in [1.165, 1.54) is 6.07 Å². The van der Waals surface area contributed by atoms with Gasteiger partial charge >= 0.3 is 0 Å². The van der Waals surface area contributed by atoms with Crippen LogP contribution in [0, 0.1) is 24.2 Å². The van der Waals surface area contributed by atoms with Crippen molar-refractivity contribution < 1.29 is 8.42 Å². The molecule has 3 N–H and O–H groups in total. The van der Waals surface area contributed by atoms with Gasteiger partial charge in [-0.3, -0.25) is 0 Å². The van der Waals surface area contributed by atoms with Crippen molar-refractivity contribution in [1.82, 2.24) is 4.72 Å². The molecule has 0 aromatic heterocycles. The molecule has 0 aliphatic heterocycles. The molecular weight excluding hydrogens is 274 g/mol. The Balaban J connectivity index is 2.29. The van der Waals surface area contributed by atoms with E-state index in [9.17, 15) is 8.42 Å². The van der Waals surface area contributed by atoms with Crippen LogP contribution in [0.25, 0.3) is 0 Å². The van der Waals surface area contributed by atoms with Crippen molar-refractivity contribution >= 4 is 10.0 Å². The molecule has 2 atom stereocenters. The van der Waals surface area contributed by atoms with Gasteiger partial charge in [0.05, 0.1) is 16.5 Å². The smallest absolute Gasteiger partial charge is 0.241 e. The molecule has 1 saturated carbocycles. The van der Waals surface area contributed by atoms with Gasteiger partial charge in [0.25, 0.3) is 0 Å². The molecule has 6 heteroatoms. The fourth-order valence-corrected chi connectivity index (χ4v) is 4.31.